The van der Waals surface area contributed by atoms with E-state index in [1.54, 1.807) is 33.3 Å². The maximum absolute atomic E-state index is 13.7. The summed E-state index contributed by atoms with van der Waals surface area (Å²) >= 11 is 5.01. The lowest BCUT2D eigenvalue weighted by atomic mass is 10.2. The molecule has 0 radical (unpaired) electrons. The van der Waals surface area contributed by atoms with E-state index in [2.05, 4.69) is 26.1 Å². The van der Waals surface area contributed by atoms with Crippen molar-refractivity contribution in [1.82, 2.24) is 14.7 Å². The molecule has 1 aliphatic heterocycles. The zero-order valence-electron chi connectivity index (χ0n) is 21.4. The first-order valence-electron chi connectivity index (χ1n) is 12.5. The van der Waals surface area contributed by atoms with Gasteiger partial charge in [-0.05, 0) is 65.9 Å². The van der Waals surface area contributed by atoms with Gasteiger partial charge in [0.2, 0.25) is 5.91 Å². The number of hydrogen-bond donors (Lipinski definition) is 1. The summed E-state index contributed by atoms with van der Waals surface area (Å²) < 4.78 is 19.8. The third-order valence-corrected chi connectivity index (χ3v) is 7.98. The highest BCUT2D eigenvalue weighted by atomic mass is 79.9. The highest BCUT2D eigenvalue weighted by molar-refractivity contribution is 9.10. The topological polar surface area (TPSA) is 65.1 Å². The summed E-state index contributed by atoms with van der Waals surface area (Å²) in [6.07, 6.45) is 0. The summed E-state index contributed by atoms with van der Waals surface area (Å²) in [4.78, 5) is 33.7. The van der Waals surface area contributed by atoms with Crippen molar-refractivity contribution < 1.29 is 18.7 Å². The number of carbonyl (C=O) groups is 2. The van der Waals surface area contributed by atoms with Crippen molar-refractivity contribution in [3.05, 3.63) is 86.3 Å². The quantitative estimate of drug-likeness (QED) is 0.340. The standard InChI is InChI=1S/C28H32BrFN4O3S/c1-21-10-17-38-26(21)19-34(18-22-2-6-24(30)7-3-22)27(35)20-33(12-11-32-13-15-37-16-14-32)28(36)31-25-8-4-23(29)5-9-25/h2-10,17H,11-16,18-20H2,1H3,(H,31,36). The Balaban J connectivity index is 1.50. The minimum Gasteiger partial charge on any atom is -0.379 e. The number of benzene rings is 2. The molecular formula is C28H32BrFN4O3S. The molecule has 1 saturated heterocycles. The lowest BCUT2D eigenvalue weighted by Crippen LogP contribution is -2.48. The summed E-state index contributed by atoms with van der Waals surface area (Å²) in [6, 6.07) is 15.2. The summed E-state index contributed by atoms with van der Waals surface area (Å²) in [6.45, 7) is 6.65. The van der Waals surface area contributed by atoms with Crippen molar-refractivity contribution >= 4 is 44.9 Å². The average molecular weight is 604 g/mol. The minimum atomic E-state index is -0.331. The number of aryl methyl sites for hydroxylation is 1. The van der Waals surface area contributed by atoms with E-state index in [0.717, 1.165) is 33.6 Å². The molecule has 0 aliphatic carbocycles. The van der Waals surface area contributed by atoms with Crippen molar-refractivity contribution in [2.45, 2.75) is 20.0 Å². The van der Waals surface area contributed by atoms with Crippen molar-refractivity contribution in [2.24, 2.45) is 0 Å². The van der Waals surface area contributed by atoms with Crippen molar-refractivity contribution in [1.29, 1.82) is 0 Å². The first-order chi connectivity index (χ1) is 18.4. The summed E-state index contributed by atoms with van der Waals surface area (Å²) in [5, 5.41) is 4.93. The number of nitrogens with zero attached hydrogens (tertiary/aromatic N) is 3. The average Bonchev–Trinajstić information content (AvgIpc) is 3.33. The van der Waals surface area contributed by atoms with Crippen molar-refractivity contribution in [3.63, 3.8) is 0 Å². The van der Waals surface area contributed by atoms with Crippen LogP contribution in [0.1, 0.15) is 16.0 Å². The summed E-state index contributed by atoms with van der Waals surface area (Å²) in [7, 11) is 0. The summed E-state index contributed by atoms with van der Waals surface area (Å²) in [5.74, 6) is -0.491. The van der Waals surface area contributed by atoms with Crippen LogP contribution in [0.3, 0.4) is 0 Å². The van der Waals surface area contributed by atoms with E-state index in [-0.39, 0.29) is 24.3 Å². The lowest BCUT2D eigenvalue weighted by Gasteiger charge is -2.31. The predicted octanol–water partition coefficient (Wildman–Crippen LogP) is 5.35. The van der Waals surface area contributed by atoms with Gasteiger partial charge in [-0.3, -0.25) is 9.69 Å². The van der Waals surface area contributed by atoms with Gasteiger partial charge < -0.3 is 19.9 Å². The number of anilines is 1. The van der Waals surface area contributed by atoms with Crippen LogP contribution in [0.4, 0.5) is 14.9 Å². The fraction of sp³-hybridized carbons (Fsp3) is 0.357. The Kier molecular flexibility index (Phi) is 10.3. The predicted molar refractivity (Wildman–Crippen MR) is 152 cm³/mol. The maximum atomic E-state index is 13.7. The highest BCUT2D eigenvalue weighted by Gasteiger charge is 2.24. The third kappa shape index (κ3) is 8.36. The highest BCUT2D eigenvalue weighted by Crippen LogP contribution is 2.20. The normalized spacial score (nSPS) is 13.8. The molecule has 7 nitrogen and oxygen atoms in total. The molecule has 2 heterocycles. The van der Waals surface area contributed by atoms with Gasteiger partial charge >= 0.3 is 6.03 Å². The molecule has 3 amide bonds. The second kappa shape index (κ2) is 13.8. The Morgan fingerprint density at radius 1 is 1.03 bits per heavy atom. The molecule has 1 fully saturated rings. The Morgan fingerprint density at radius 3 is 2.39 bits per heavy atom. The van der Waals surface area contributed by atoms with Crippen LogP contribution in [-0.2, 0) is 22.6 Å². The molecule has 1 N–H and O–H groups in total. The lowest BCUT2D eigenvalue weighted by molar-refractivity contribution is -0.133. The molecule has 0 saturated carbocycles. The number of morpholine rings is 1. The van der Waals surface area contributed by atoms with Gasteiger partial charge in [0.25, 0.3) is 0 Å². The van der Waals surface area contributed by atoms with Gasteiger partial charge in [-0.25, -0.2) is 9.18 Å². The Morgan fingerprint density at radius 2 is 1.74 bits per heavy atom. The van der Waals surface area contributed by atoms with Gasteiger partial charge in [-0.15, -0.1) is 11.3 Å². The molecule has 1 aliphatic rings. The van der Waals surface area contributed by atoms with Gasteiger partial charge in [0.15, 0.2) is 0 Å². The number of carbonyl (C=O) groups excluding carboxylic acids is 2. The van der Waals surface area contributed by atoms with E-state index in [1.807, 2.05) is 42.6 Å². The van der Waals surface area contributed by atoms with Crippen molar-refractivity contribution in [2.75, 3.05) is 51.3 Å². The number of hydrogen-bond acceptors (Lipinski definition) is 5. The van der Waals surface area contributed by atoms with Gasteiger partial charge in [-0.1, -0.05) is 28.1 Å². The molecular weight excluding hydrogens is 571 g/mol. The molecule has 2 aromatic carbocycles. The second-order valence-electron chi connectivity index (χ2n) is 9.22. The molecule has 10 heteroatoms. The number of urea groups is 1. The molecule has 0 atom stereocenters. The van der Waals surface area contributed by atoms with Crippen LogP contribution in [0.2, 0.25) is 0 Å². The fourth-order valence-electron chi connectivity index (χ4n) is 4.12. The number of halogens is 2. The maximum Gasteiger partial charge on any atom is 0.322 e. The number of rotatable bonds is 10. The summed E-state index contributed by atoms with van der Waals surface area (Å²) in [5.41, 5.74) is 2.59. The van der Waals surface area contributed by atoms with Crippen LogP contribution in [0.15, 0.2) is 64.5 Å². The van der Waals surface area contributed by atoms with E-state index < -0.39 is 0 Å². The van der Waals surface area contributed by atoms with Crippen LogP contribution >= 0.6 is 27.3 Å². The zero-order chi connectivity index (χ0) is 26.9. The molecule has 0 spiro atoms. The first kappa shape index (κ1) is 28.2. The van der Waals surface area contributed by atoms with E-state index in [0.29, 0.717) is 45.1 Å². The minimum absolute atomic E-state index is 0.0711. The molecule has 0 bridgehead atoms. The van der Waals surface area contributed by atoms with E-state index in [1.165, 1.54) is 12.1 Å². The van der Waals surface area contributed by atoms with Gasteiger partial charge in [0.1, 0.15) is 12.4 Å². The van der Waals surface area contributed by atoms with Crippen LogP contribution in [0.5, 0.6) is 0 Å². The van der Waals surface area contributed by atoms with E-state index in [4.69, 9.17) is 4.74 Å². The van der Waals surface area contributed by atoms with Crippen LogP contribution in [0.25, 0.3) is 0 Å². The van der Waals surface area contributed by atoms with Crippen molar-refractivity contribution in [3.8, 4) is 0 Å². The Labute approximate surface area is 235 Å². The number of amides is 3. The third-order valence-electron chi connectivity index (χ3n) is 6.44. The number of nitrogens with one attached hydrogen (secondary N) is 1. The van der Waals surface area contributed by atoms with Crippen LogP contribution in [-0.4, -0.2) is 72.6 Å². The first-order valence-corrected chi connectivity index (χ1v) is 14.2. The fourth-order valence-corrected chi connectivity index (χ4v) is 5.31. The van der Waals surface area contributed by atoms with E-state index in [9.17, 15) is 14.0 Å². The molecule has 38 heavy (non-hydrogen) atoms. The number of ether oxygens (including phenoxy) is 1. The molecule has 1 aromatic heterocycles. The van der Waals surface area contributed by atoms with Crippen LogP contribution in [0, 0.1) is 12.7 Å². The smallest absolute Gasteiger partial charge is 0.322 e. The Hall–Kier alpha value is -2.79. The van der Waals surface area contributed by atoms with Gasteiger partial charge in [0, 0.05) is 47.8 Å². The molecule has 3 aromatic rings. The number of thiophene rings is 1. The molecule has 0 unspecified atom stereocenters. The monoisotopic (exact) mass is 602 g/mol. The van der Waals surface area contributed by atoms with Gasteiger partial charge in [0.05, 0.1) is 19.8 Å². The second-order valence-corrected chi connectivity index (χ2v) is 11.1. The molecule has 202 valence electrons. The SMILES string of the molecule is Cc1ccsc1CN(Cc1ccc(F)cc1)C(=O)CN(CCN1CCOCC1)C(=O)Nc1ccc(Br)cc1. The largest absolute Gasteiger partial charge is 0.379 e. The van der Waals surface area contributed by atoms with E-state index >= 15 is 0 Å². The van der Waals surface area contributed by atoms with Gasteiger partial charge in [-0.2, -0.15) is 0 Å². The molecule has 4 rings (SSSR count). The zero-order valence-corrected chi connectivity index (χ0v) is 23.8. The van der Waals surface area contributed by atoms with Crippen LogP contribution < -0.4 is 5.32 Å². The Bertz CT molecular complexity index is 1200.